The number of carbonyl (C=O) groups excluding carboxylic acids is 1. The quantitative estimate of drug-likeness (QED) is 0.792. The van der Waals surface area contributed by atoms with Gasteiger partial charge in [-0.25, -0.2) is 9.97 Å². The second-order valence-electron chi connectivity index (χ2n) is 5.38. The molecule has 25 heavy (non-hydrogen) atoms. The maximum absolute atomic E-state index is 11.8. The molecule has 1 saturated heterocycles. The molecule has 2 N–H and O–H groups in total. The fraction of sp³-hybridized carbons (Fsp3) is 0.294. The molecule has 128 valence electrons. The molecule has 8 nitrogen and oxygen atoms in total. The van der Waals surface area contributed by atoms with Crippen molar-refractivity contribution < 1.29 is 9.53 Å². The lowest BCUT2D eigenvalue weighted by atomic mass is 10.2. The molecule has 2 heterocycles. The molecule has 1 aromatic heterocycles. The molecule has 8 heteroatoms. The van der Waals surface area contributed by atoms with E-state index in [-0.39, 0.29) is 12.2 Å². The van der Waals surface area contributed by atoms with Gasteiger partial charge in [0.15, 0.2) is 0 Å². The van der Waals surface area contributed by atoms with Gasteiger partial charge in [0.1, 0.15) is 12.2 Å². The first-order valence-corrected chi connectivity index (χ1v) is 7.94. The van der Waals surface area contributed by atoms with E-state index in [2.05, 4.69) is 25.5 Å². The minimum absolute atomic E-state index is 0.0609. The van der Waals surface area contributed by atoms with Gasteiger partial charge in [-0.05, 0) is 30.3 Å². The van der Waals surface area contributed by atoms with Crippen LogP contribution in [0.1, 0.15) is 10.5 Å². The molecule has 0 saturated carbocycles. The van der Waals surface area contributed by atoms with Gasteiger partial charge in [0, 0.05) is 30.7 Å². The van der Waals surface area contributed by atoms with Gasteiger partial charge in [0.25, 0.3) is 5.91 Å². The van der Waals surface area contributed by atoms with Crippen LogP contribution in [0, 0.1) is 11.3 Å². The molecule has 0 spiro atoms. The number of anilines is 3. The Kier molecular flexibility index (Phi) is 5.39. The van der Waals surface area contributed by atoms with Crippen molar-refractivity contribution in [3.63, 3.8) is 0 Å². The highest BCUT2D eigenvalue weighted by Gasteiger charge is 2.11. The zero-order valence-electron chi connectivity index (χ0n) is 13.6. The average molecular weight is 338 g/mol. The summed E-state index contributed by atoms with van der Waals surface area (Å²) in [5.74, 6) is -0.0848. The molecular formula is C17H18N6O2. The Hall–Kier alpha value is -3.18. The summed E-state index contributed by atoms with van der Waals surface area (Å²) in [5.41, 5.74) is 2.17. The number of benzene rings is 1. The first kappa shape index (κ1) is 16.7. The second kappa shape index (κ2) is 8.08. The van der Waals surface area contributed by atoms with Gasteiger partial charge in [-0.15, -0.1) is 0 Å². The molecule has 0 bridgehead atoms. The number of nitriles is 1. The SMILES string of the molecule is N#CCNC(=O)c1ccnc(Nc2ccc(N3CCOCC3)cc2)n1. The highest BCUT2D eigenvalue weighted by Crippen LogP contribution is 2.20. The average Bonchev–Trinajstić information content (AvgIpc) is 2.67. The van der Waals surface area contributed by atoms with Crippen molar-refractivity contribution in [2.75, 3.05) is 43.1 Å². The smallest absolute Gasteiger partial charge is 0.270 e. The van der Waals surface area contributed by atoms with Crippen molar-refractivity contribution in [2.24, 2.45) is 0 Å². The number of nitrogens with zero attached hydrogens (tertiary/aromatic N) is 4. The van der Waals surface area contributed by atoms with E-state index in [4.69, 9.17) is 10.00 Å². The number of ether oxygens (including phenoxy) is 1. The van der Waals surface area contributed by atoms with Gasteiger partial charge >= 0.3 is 0 Å². The van der Waals surface area contributed by atoms with Gasteiger partial charge in [0.05, 0.1) is 19.3 Å². The molecule has 1 amide bonds. The van der Waals surface area contributed by atoms with Crippen molar-refractivity contribution in [1.29, 1.82) is 5.26 Å². The Morgan fingerprint density at radius 1 is 1.24 bits per heavy atom. The summed E-state index contributed by atoms with van der Waals surface area (Å²) in [6, 6.07) is 11.3. The van der Waals surface area contributed by atoms with Crippen molar-refractivity contribution in [3.05, 3.63) is 42.2 Å². The zero-order valence-corrected chi connectivity index (χ0v) is 13.6. The Balaban J connectivity index is 1.66. The van der Waals surface area contributed by atoms with Crippen LogP contribution in [0.2, 0.25) is 0 Å². The molecule has 3 rings (SSSR count). The standard InChI is InChI=1S/C17H18N6O2/c18-6-8-19-16(24)15-5-7-20-17(22-15)21-13-1-3-14(4-2-13)23-9-11-25-12-10-23/h1-5,7H,8-12H2,(H,19,24)(H,20,21,22). The number of carbonyl (C=O) groups is 1. The largest absolute Gasteiger partial charge is 0.378 e. The van der Waals surface area contributed by atoms with E-state index in [1.165, 1.54) is 12.3 Å². The van der Waals surface area contributed by atoms with E-state index in [0.29, 0.717) is 5.95 Å². The van der Waals surface area contributed by atoms with Crippen molar-refractivity contribution in [2.45, 2.75) is 0 Å². The molecule has 0 radical (unpaired) electrons. The lowest BCUT2D eigenvalue weighted by molar-refractivity contribution is 0.0953. The third kappa shape index (κ3) is 4.43. The molecule has 1 fully saturated rings. The summed E-state index contributed by atoms with van der Waals surface area (Å²) < 4.78 is 5.36. The Bertz CT molecular complexity index is 765. The van der Waals surface area contributed by atoms with E-state index < -0.39 is 5.91 Å². The van der Waals surface area contributed by atoms with Crippen LogP contribution in [0.4, 0.5) is 17.3 Å². The number of hydrogen-bond donors (Lipinski definition) is 2. The third-order valence-electron chi connectivity index (χ3n) is 3.72. The predicted octanol–water partition coefficient (Wildman–Crippen LogP) is 1.31. The van der Waals surface area contributed by atoms with E-state index >= 15 is 0 Å². The predicted molar refractivity (Wildman–Crippen MR) is 92.7 cm³/mol. The summed E-state index contributed by atoms with van der Waals surface area (Å²) in [7, 11) is 0. The minimum Gasteiger partial charge on any atom is -0.378 e. The number of rotatable bonds is 5. The summed E-state index contributed by atoms with van der Waals surface area (Å²) in [5, 5.41) is 14.0. The highest BCUT2D eigenvalue weighted by molar-refractivity contribution is 5.92. The van der Waals surface area contributed by atoms with Crippen molar-refractivity contribution in [1.82, 2.24) is 15.3 Å². The number of nitrogens with one attached hydrogen (secondary N) is 2. The molecule has 1 aliphatic heterocycles. The molecular weight excluding hydrogens is 320 g/mol. The first-order valence-electron chi connectivity index (χ1n) is 7.94. The zero-order chi connectivity index (χ0) is 17.5. The highest BCUT2D eigenvalue weighted by atomic mass is 16.5. The molecule has 0 atom stereocenters. The lowest BCUT2D eigenvalue weighted by Crippen LogP contribution is -2.36. The van der Waals surface area contributed by atoms with Crippen LogP contribution in [0.3, 0.4) is 0 Å². The molecule has 0 unspecified atom stereocenters. The van der Waals surface area contributed by atoms with Crippen molar-refractivity contribution in [3.8, 4) is 6.07 Å². The molecule has 1 aliphatic rings. The molecule has 0 aliphatic carbocycles. The Labute approximate surface area is 145 Å². The lowest BCUT2D eigenvalue weighted by Gasteiger charge is -2.28. The van der Waals surface area contributed by atoms with Gasteiger partial charge in [-0.1, -0.05) is 0 Å². The summed E-state index contributed by atoms with van der Waals surface area (Å²) in [6.07, 6.45) is 1.50. The first-order chi connectivity index (χ1) is 12.3. The van der Waals surface area contributed by atoms with Crippen molar-refractivity contribution >= 4 is 23.2 Å². The van der Waals surface area contributed by atoms with Gasteiger partial charge in [-0.2, -0.15) is 5.26 Å². The molecule has 1 aromatic carbocycles. The van der Waals surface area contributed by atoms with Crippen LogP contribution >= 0.6 is 0 Å². The number of amides is 1. The summed E-state index contributed by atoms with van der Waals surface area (Å²) in [4.78, 5) is 22.4. The Morgan fingerprint density at radius 3 is 2.72 bits per heavy atom. The third-order valence-corrected chi connectivity index (χ3v) is 3.72. The van der Waals surface area contributed by atoms with E-state index in [9.17, 15) is 4.79 Å². The van der Waals surface area contributed by atoms with Crippen LogP contribution in [0.25, 0.3) is 0 Å². The van der Waals surface area contributed by atoms with Crippen LogP contribution in [0.15, 0.2) is 36.5 Å². The van der Waals surface area contributed by atoms with Crippen LogP contribution in [0.5, 0.6) is 0 Å². The summed E-state index contributed by atoms with van der Waals surface area (Å²) in [6.45, 7) is 3.20. The monoisotopic (exact) mass is 338 g/mol. The fourth-order valence-corrected chi connectivity index (χ4v) is 2.46. The Morgan fingerprint density at radius 2 is 2.00 bits per heavy atom. The maximum Gasteiger partial charge on any atom is 0.270 e. The number of hydrogen-bond acceptors (Lipinski definition) is 7. The topological polar surface area (TPSA) is 103 Å². The van der Waals surface area contributed by atoms with Gasteiger partial charge < -0.3 is 20.3 Å². The fourth-order valence-electron chi connectivity index (χ4n) is 2.46. The normalized spacial score (nSPS) is 13.8. The second-order valence-corrected chi connectivity index (χ2v) is 5.38. The van der Waals surface area contributed by atoms with Gasteiger partial charge in [-0.3, -0.25) is 4.79 Å². The van der Waals surface area contributed by atoms with Gasteiger partial charge in [0.2, 0.25) is 5.95 Å². The number of morpholine rings is 1. The number of aromatic nitrogens is 2. The minimum atomic E-state index is -0.408. The maximum atomic E-state index is 11.8. The van der Waals surface area contributed by atoms with Crippen LogP contribution in [-0.4, -0.2) is 48.7 Å². The van der Waals surface area contributed by atoms with Crippen LogP contribution < -0.4 is 15.5 Å². The van der Waals surface area contributed by atoms with E-state index in [1.54, 1.807) is 0 Å². The van der Waals surface area contributed by atoms with E-state index in [0.717, 1.165) is 37.7 Å². The summed E-state index contributed by atoms with van der Waals surface area (Å²) >= 11 is 0. The van der Waals surface area contributed by atoms with E-state index in [1.807, 2.05) is 30.3 Å². The molecule has 2 aromatic rings. The van der Waals surface area contributed by atoms with Crippen LogP contribution in [-0.2, 0) is 4.74 Å².